The van der Waals surface area contributed by atoms with Gasteiger partial charge in [-0.05, 0) is 68.7 Å². The zero-order valence-corrected chi connectivity index (χ0v) is 16.8. The molecule has 0 aliphatic rings. The van der Waals surface area contributed by atoms with Gasteiger partial charge in [0.2, 0.25) is 0 Å². The second kappa shape index (κ2) is 9.41. The molecule has 0 amide bonds. The summed E-state index contributed by atoms with van der Waals surface area (Å²) in [7, 11) is 0. The topological polar surface area (TPSA) is 48.8 Å². The predicted octanol–water partition coefficient (Wildman–Crippen LogP) is 5.57. The fourth-order valence-electron chi connectivity index (χ4n) is 2.04. The summed E-state index contributed by atoms with van der Waals surface area (Å²) in [5.74, 6) is 0.728. The molecule has 4 nitrogen and oxygen atoms in total. The first-order chi connectivity index (χ1) is 12.4. The van der Waals surface area contributed by atoms with Gasteiger partial charge in [0.25, 0.3) is 0 Å². The maximum absolute atomic E-state index is 5.92. The summed E-state index contributed by atoms with van der Waals surface area (Å²) in [4.78, 5) is 0. The van der Waals surface area contributed by atoms with Gasteiger partial charge in [-0.1, -0.05) is 47.5 Å². The average Bonchev–Trinajstić information content (AvgIpc) is 2.62. The predicted molar refractivity (Wildman–Crippen MR) is 112 cm³/mol. The number of halogens is 2. The Kier molecular flexibility index (Phi) is 7.25. The maximum Gasteiger partial charge on any atom is 0.138 e. The number of hydrogen-bond donors (Lipinski definition) is 2. The molecular formula is C20H22Cl2N4. The van der Waals surface area contributed by atoms with Gasteiger partial charge in [0.05, 0.1) is 11.4 Å². The SMILES string of the molecule is CC(C)=C(N/N=C(\C)c1ccc(Cl)cc1)N/N=C(\C)c1ccc(Cl)cc1. The third-order valence-electron chi connectivity index (χ3n) is 3.69. The number of hydrazone groups is 2. The van der Waals surface area contributed by atoms with Gasteiger partial charge in [-0.3, -0.25) is 10.9 Å². The van der Waals surface area contributed by atoms with Crippen LogP contribution in [0.4, 0.5) is 0 Å². The summed E-state index contributed by atoms with van der Waals surface area (Å²) in [5.41, 5.74) is 10.8. The standard InChI is InChI=1S/C20H22Cl2N4/c1-13(2)20(25-23-14(3)16-5-9-18(21)10-6-16)26-24-15(4)17-7-11-19(22)12-8-17/h5-12,25-26H,1-4H3/b23-14+,24-15+. The Balaban J connectivity index is 2.08. The third-order valence-corrected chi connectivity index (χ3v) is 4.20. The largest absolute Gasteiger partial charge is 0.262 e. The molecule has 0 radical (unpaired) electrons. The molecule has 6 heteroatoms. The first-order valence-electron chi connectivity index (χ1n) is 8.17. The smallest absolute Gasteiger partial charge is 0.138 e. The summed E-state index contributed by atoms with van der Waals surface area (Å²) in [5, 5.41) is 10.3. The lowest BCUT2D eigenvalue weighted by Crippen LogP contribution is -2.22. The number of nitrogens with zero attached hydrogens (tertiary/aromatic N) is 2. The number of nitrogens with one attached hydrogen (secondary N) is 2. The van der Waals surface area contributed by atoms with E-state index >= 15 is 0 Å². The van der Waals surface area contributed by atoms with E-state index in [0.29, 0.717) is 10.0 Å². The van der Waals surface area contributed by atoms with E-state index < -0.39 is 0 Å². The van der Waals surface area contributed by atoms with Crippen LogP contribution in [0.2, 0.25) is 10.0 Å². The Labute approximate surface area is 164 Å². The van der Waals surface area contributed by atoms with E-state index in [9.17, 15) is 0 Å². The van der Waals surface area contributed by atoms with Gasteiger partial charge in [-0.25, -0.2) is 0 Å². The van der Waals surface area contributed by atoms with Crippen LogP contribution in [0.1, 0.15) is 38.8 Å². The van der Waals surface area contributed by atoms with Gasteiger partial charge in [0.1, 0.15) is 5.82 Å². The van der Waals surface area contributed by atoms with Crippen LogP contribution in [-0.2, 0) is 0 Å². The highest BCUT2D eigenvalue weighted by Crippen LogP contribution is 2.11. The molecule has 2 aromatic rings. The van der Waals surface area contributed by atoms with E-state index in [1.54, 1.807) is 0 Å². The number of allylic oxidation sites excluding steroid dienone is 1. The molecule has 0 fully saturated rings. The minimum absolute atomic E-state index is 0.702. The lowest BCUT2D eigenvalue weighted by atomic mass is 10.1. The summed E-state index contributed by atoms with van der Waals surface area (Å²) in [6, 6.07) is 15.1. The van der Waals surface area contributed by atoms with Crippen LogP contribution in [0.25, 0.3) is 0 Å². The van der Waals surface area contributed by atoms with Gasteiger partial charge < -0.3 is 0 Å². The van der Waals surface area contributed by atoms with Crippen molar-refractivity contribution < 1.29 is 0 Å². The van der Waals surface area contributed by atoms with Crippen molar-refractivity contribution >= 4 is 34.6 Å². The van der Waals surface area contributed by atoms with Gasteiger partial charge in [-0.2, -0.15) is 10.2 Å². The molecule has 2 N–H and O–H groups in total. The van der Waals surface area contributed by atoms with Crippen molar-refractivity contribution in [3.05, 3.63) is 81.1 Å². The van der Waals surface area contributed by atoms with Crippen molar-refractivity contribution in [1.82, 2.24) is 10.9 Å². The van der Waals surface area contributed by atoms with E-state index in [2.05, 4.69) is 21.1 Å². The fourth-order valence-corrected chi connectivity index (χ4v) is 2.29. The monoisotopic (exact) mass is 388 g/mol. The number of benzene rings is 2. The van der Waals surface area contributed by atoms with Crippen LogP contribution in [0.15, 0.2) is 70.1 Å². The molecule has 0 saturated carbocycles. The van der Waals surface area contributed by atoms with E-state index in [1.807, 2.05) is 76.2 Å². The molecule has 0 aromatic heterocycles. The summed E-state index contributed by atoms with van der Waals surface area (Å²) in [6.45, 7) is 7.83. The first kappa shape index (κ1) is 20.0. The van der Waals surface area contributed by atoms with Gasteiger partial charge in [0.15, 0.2) is 0 Å². The molecule has 0 heterocycles. The fraction of sp³-hybridized carbons (Fsp3) is 0.200. The second-order valence-electron chi connectivity index (χ2n) is 6.01. The van der Waals surface area contributed by atoms with Crippen LogP contribution in [-0.4, -0.2) is 11.4 Å². The molecule has 0 atom stereocenters. The molecule has 2 rings (SSSR count). The zero-order chi connectivity index (χ0) is 19.1. The average molecular weight is 389 g/mol. The lowest BCUT2D eigenvalue weighted by Gasteiger charge is -2.11. The Morgan fingerprint density at radius 1 is 0.654 bits per heavy atom. The van der Waals surface area contributed by atoms with Crippen molar-refractivity contribution in [1.29, 1.82) is 0 Å². The van der Waals surface area contributed by atoms with Crippen LogP contribution in [0, 0.1) is 0 Å². The highest BCUT2D eigenvalue weighted by molar-refractivity contribution is 6.31. The summed E-state index contributed by atoms with van der Waals surface area (Å²) < 4.78 is 0. The van der Waals surface area contributed by atoms with Gasteiger partial charge in [-0.15, -0.1) is 0 Å². The zero-order valence-electron chi connectivity index (χ0n) is 15.3. The molecule has 0 aliphatic carbocycles. The molecule has 0 spiro atoms. The molecule has 0 saturated heterocycles. The lowest BCUT2D eigenvalue weighted by molar-refractivity contribution is 0.725. The van der Waals surface area contributed by atoms with Crippen LogP contribution in [0.3, 0.4) is 0 Å². The molecular weight excluding hydrogens is 367 g/mol. The highest BCUT2D eigenvalue weighted by Gasteiger charge is 2.02. The first-order valence-corrected chi connectivity index (χ1v) is 8.92. The van der Waals surface area contributed by atoms with Crippen LogP contribution < -0.4 is 10.9 Å². The van der Waals surface area contributed by atoms with Crippen LogP contribution in [0.5, 0.6) is 0 Å². The van der Waals surface area contributed by atoms with Crippen molar-refractivity contribution in [3.8, 4) is 0 Å². The van der Waals surface area contributed by atoms with Gasteiger partial charge >= 0.3 is 0 Å². The second-order valence-corrected chi connectivity index (χ2v) is 6.88. The minimum atomic E-state index is 0.702. The van der Waals surface area contributed by atoms with E-state index in [-0.39, 0.29) is 0 Å². The normalized spacial score (nSPS) is 11.9. The molecule has 0 aliphatic heterocycles. The summed E-state index contributed by atoms with van der Waals surface area (Å²) in [6.07, 6.45) is 0. The van der Waals surface area contributed by atoms with E-state index in [1.165, 1.54) is 0 Å². The van der Waals surface area contributed by atoms with Crippen molar-refractivity contribution in [2.45, 2.75) is 27.7 Å². The van der Waals surface area contributed by atoms with Crippen molar-refractivity contribution in [2.24, 2.45) is 10.2 Å². The Hall–Kier alpha value is -2.30. The molecule has 2 aromatic carbocycles. The number of rotatable bonds is 6. The van der Waals surface area contributed by atoms with E-state index in [0.717, 1.165) is 33.9 Å². The van der Waals surface area contributed by atoms with E-state index in [4.69, 9.17) is 23.2 Å². The Bertz CT molecular complexity index is 766. The van der Waals surface area contributed by atoms with Crippen molar-refractivity contribution in [3.63, 3.8) is 0 Å². The summed E-state index contributed by atoms with van der Waals surface area (Å²) >= 11 is 11.8. The number of hydrogen-bond acceptors (Lipinski definition) is 4. The molecule has 0 bridgehead atoms. The van der Waals surface area contributed by atoms with Crippen molar-refractivity contribution in [2.75, 3.05) is 0 Å². The highest BCUT2D eigenvalue weighted by atomic mass is 35.5. The minimum Gasteiger partial charge on any atom is -0.262 e. The quantitative estimate of drug-likeness (QED) is 0.501. The molecule has 26 heavy (non-hydrogen) atoms. The Morgan fingerprint density at radius 2 is 1.00 bits per heavy atom. The third kappa shape index (κ3) is 5.90. The Morgan fingerprint density at radius 3 is 1.31 bits per heavy atom. The maximum atomic E-state index is 5.92. The molecule has 136 valence electrons. The van der Waals surface area contributed by atoms with Gasteiger partial charge in [0, 0.05) is 10.0 Å². The molecule has 0 unspecified atom stereocenters. The van der Waals surface area contributed by atoms with Crippen LogP contribution >= 0.6 is 23.2 Å².